The Hall–Kier alpha value is -2.68. The maximum atomic E-state index is 13.0. The lowest BCUT2D eigenvalue weighted by Crippen LogP contribution is -2.32. The van der Waals surface area contributed by atoms with Crippen LogP contribution in [0.4, 0.5) is 5.69 Å². The highest BCUT2D eigenvalue weighted by molar-refractivity contribution is 7.81. The van der Waals surface area contributed by atoms with E-state index in [0.29, 0.717) is 28.8 Å². The number of carbonyl (C=O) groups is 1. The molecule has 1 atom stereocenters. The Morgan fingerprint density at radius 2 is 1.90 bits per heavy atom. The van der Waals surface area contributed by atoms with Gasteiger partial charge in [0.25, 0.3) is 17.2 Å². The van der Waals surface area contributed by atoms with E-state index in [1.165, 1.54) is 0 Å². The number of carbonyl (C=O) groups excluding carboxylic acids is 1. The van der Waals surface area contributed by atoms with Gasteiger partial charge in [-0.2, -0.15) is 0 Å². The Labute approximate surface area is 189 Å². The number of amides is 1. The summed E-state index contributed by atoms with van der Waals surface area (Å²) in [5.74, 6) is 0.592. The molecular weight excluding hydrogens is 438 g/mol. The van der Waals surface area contributed by atoms with Crippen molar-refractivity contribution in [1.29, 1.82) is 0 Å². The molecule has 0 radical (unpaired) electrons. The fraction of sp³-hybridized carbons (Fsp3) is 0.273. The Morgan fingerprint density at radius 3 is 2.48 bits per heavy atom. The molecule has 9 heteroatoms. The van der Waals surface area contributed by atoms with E-state index in [-0.39, 0.29) is 11.8 Å². The van der Waals surface area contributed by atoms with Gasteiger partial charge in [0.1, 0.15) is 17.3 Å². The Balaban J connectivity index is 1.85. The minimum absolute atomic E-state index is 0.0416. The predicted octanol–water partition coefficient (Wildman–Crippen LogP) is 4.77. The first kappa shape index (κ1) is 23.0. The zero-order chi connectivity index (χ0) is 22.7. The van der Waals surface area contributed by atoms with Gasteiger partial charge in [-0.25, -0.2) is 13.5 Å². The molecule has 164 valence electrons. The lowest BCUT2D eigenvalue weighted by atomic mass is 10.2. The van der Waals surface area contributed by atoms with Crippen LogP contribution >= 0.6 is 11.6 Å². The predicted molar refractivity (Wildman–Crippen MR) is 122 cm³/mol. The van der Waals surface area contributed by atoms with Crippen LogP contribution in [-0.2, 0) is 17.8 Å². The molecule has 1 N–H and O–H groups in total. The van der Waals surface area contributed by atoms with Gasteiger partial charge in [0.2, 0.25) is 0 Å². The van der Waals surface area contributed by atoms with E-state index in [0.717, 1.165) is 15.4 Å². The average Bonchev–Trinajstić information content (AvgIpc) is 3.05. The molecule has 0 saturated heterocycles. The van der Waals surface area contributed by atoms with E-state index >= 15 is 0 Å². The largest absolute Gasteiger partial charge is 0.491 e. The third kappa shape index (κ3) is 5.52. The summed E-state index contributed by atoms with van der Waals surface area (Å²) < 4.78 is 29.8. The van der Waals surface area contributed by atoms with Gasteiger partial charge in [0.05, 0.1) is 18.3 Å². The summed E-state index contributed by atoms with van der Waals surface area (Å²) in [5, 5.41) is 0.539. The van der Waals surface area contributed by atoms with Crippen molar-refractivity contribution in [2.45, 2.75) is 40.3 Å². The first-order chi connectivity index (χ1) is 14.7. The lowest BCUT2D eigenvalue weighted by molar-refractivity contribution is 0.100. The summed E-state index contributed by atoms with van der Waals surface area (Å²) in [6.45, 7) is 7.92. The smallest absolute Gasteiger partial charge is 0.292 e. The molecule has 1 unspecified atom stereocenters. The summed E-state index contributed by atoms with van der Waals surface area (Å²) in [5.41, 5.74) is 2.18. The third-order valence-electron chi connectivity index (χ3n) is 4.54. The van der Waals surface area contributed by atoms with Gasteiger partial charge in [-0.1, -0.05) is 35.4 Å². The second kappa shape index (κ2) is 9.64. The maximum Gasteiger partial charge on any atom is 0.292 e. The average molecular weight is 462 g/mol. The molecule has 2 aromatic carbocycles. The SMILES string of the molecule is Cc1ccc(N(C(=O)c2cn(Cc3ccc(OC(C)C)cc3Cl)c(C)n2)S(=O)O)cc1. The molecule has 3 aromatic rings. The van der Waals surface area contributed by atoms with Crippen molar-refractivity contribution >= 4 is 34.5 Å². The number of aryl methyl sites for hydroxylation is 2. The molecule has 3 rings (SSSR count). The van der Waals surface area contributed by atoms with Crippen molar-refractivity contribution in [3.05, 3.63) is 76.3 Å². The van der Waals surface area contributed by atoms with E-state index < -0.39 is 17.2 Å². The maximum absolute atomic E-state index is 13.0. The molecule has 1 aromatic heterocycles. The number of benzene rings is 2. The number of halogens is 1. The van der Waals surface area contributed by atoms with Crippen molar-refractivity contribution in [1.82, 2.24) is 9.55 Å². The number of nitrogens with zero attached hydrogens (tertiary/aromatic N) is 3. The normalized spacial score (nSPS) is 12.1. The summed E-state index contributed by atoms with van der Waals surface area (Å²) in [6.07, 6.45) is 1.60. The summed E-state index contributed by atoms with van der Waals surface area (Å²) in [7, 11) is 0. The molecule has 1 heterocycles. The van der Waals surface area contributed by atoms with Crippen LogP contribution in [0.1, 0.15) is 41.3 Å². The number of imidazole rings is 1. The molecular formula is C22H24ClN3O4S. The minimum Gasteiger partial charge on any atom is -0.491 e. The Morgan fingerprint density at radius 1 is 1.23 bits per heavy atom. The van der Waals surface area contributed by atoms with Gasteiger partial charge in [0, 0.05) is 11.2 Å². The molecule has 31 heavy (non-hydrogen) atoms. The second-order valence-electron chi connectivity index (χ2n) is 7.39. The van der Waals surface area contributed by atoms with Crippen LogP contribution in [0.15, 0.2) is 48.7 Å². The molecule has 0 fully saturated rings. The van der Waals surface area contributed by atoms with Gasteiger partial charge in [-0.05, 0) is 57.5 Å². The van der Waals surface area contributed by atoms with E-state index in [1.807, 2.05) is 32.9 Å². The van der Waals surface area contributed by atoms with Gasteiger partial charge < -0.3 is 9.30 Å². The highest BCUT2D eigenvalue weighted by atomic mass is 35.5. The van der Waals surface area contributed by atoms with Gasteiger partial charge in [-0.15, -0.1) is 0 Å². The topological polar surface area (TPSA) is 84.7 Å². The van der Waals surface area contributed by atoms with Crippen molar-refractivity contribution < 1.29 is 18.3 Å². The van der Waals surface area contributed by atoms with Crippen LogP contribution in [0.25, 0.3) is 0 Å². The summed E-state index contributed by atoms with van der Waals surface area (Å²) in [6, 6.07) is 12.2. The highest BCUT2D eigenvalue weighted by Gasteiger charge is 2.25. The fourth-order valence-corrected chi connectivity index (χ4v) is 3.79. The number of anilines is 1. The molecule has 0 aliphatic rings. The Bertz CT molecular complexity index is 1110. The van der Waals surface area contributed by atoms with E-state index in [9.17, 15) is 13.6 Å². The summed E-state index contributed by atoms with van der Waals surface area (Å²) >= 11 is 3.87. The lowest BCUT2D eigenvalue weighted by Gasteiger charge is -2.16. The van der Waals surface area contributed by atoms with Crippen LogP contribution in [0.3, 0.4) is 0 Å². The third-order valence-corrected chi connectivity index (χ3v) is 5.58. The molecule has 0 aliphatic carbocycles. The molecule has 0 aliphatic heterocycles. The molecule has 0 saturated carbocycles. The van der Waals surface area contributed by atoms with Crippen molar-refractivity contribution in [3.63, 3.8) is 0 Å². The molecule has 0 spiro atoms. The van der Waals surface area contributed by atoms with E-state index in [2.05, 4.69) is 4.98 Å². The van der Waals surface area contributed by atoms with Crippen molar-refractivity contribution in [3.8, 4) is 5.75 Å². The van der Waals surface area contributed by atoms with Crippen LogP contribution in [0.5, 0.6) is 5.75 Å². The number of ether oxygens (including phenoxy) is 1. The van der Waals surface area contributed by atoms with E-state index in [1.54, 1.807) is 48.0 Å². The number of hydrogen-bond acceptors (Lipinski definition) is 4. The zero-order valence-corrected chi connectivity index (χ0v) is 19.3. The second-order valence-corrected chi connectivity index (χ2v) is 8.62. The van der Waals surface area contributed by atoms with Crippen LogP contribution in [0, 0.1) is 13.8 Å². The van der Waals surface area contributed by atoms with Gasteiger partial charge in [0.15, 0.2) is 0 Å². The van der Waals surface area contributed by atoms with Crippen LogP contribution < -0.4 is 9.04 Å². The van der Waals surface area contributed by atoms with Gasteiger partial charge >= 0.3 is 0 Å². The minimum atomic E-state index is -2.54. The monoisotopic (exact) mass is 461 g/mol. The Kier molecular flexibility index (Phi) is 7.15. The molecule has 7 nitrogen and oxygen atoms in total. The fourth-order valence-electron chi connectivity index (χ4n) is 3.02. The zero-order valence-electron chi connectivity index (χ0n) is 17.7. The van der Waals surface area contributed by atoms with E-state index in [4.69, 9.17) is 16.3 Å². The van der Waals surface area contributed by atoms with Crippen molar-refractivity contribution in [2.75, 3.05) is 4.31 Å². The van der Waals surface area contributed by atoms with Gasteiger partial charge in [-0.3, -0.25) is 9.35 Å². The quantitative estimate of drug-likeness (QED) is 0.512. The molecule has 0 bridgehead atoms. The summed E-state index contributed by atoms with van der Waals surface area (Å²) in [4.78, 5) is 17.3. The van der Waals surface area contributed by atoms with Crippen LogP contribution in [0.2, 0.25) is 5.02 Å². The number of aromatic nitrogens is 2. The van der Waals surface area contributed by atoms with Crippen molar-refractivity contribution in [2.24, 2.45) is 0 Å². The van der Waals surface area contributed by atoms with Crippen LogP contribution in [-0.4, -0.2) is 30.3 Å². The number of rotatable bonds is 7. The highest BCUT2D eigenvalue weighted by Crippen LogP contribution is 2.25. The standard InChI is InChI=1S/C22H24ClN3O4S/c1-14(2)30-19-10-7-17(20(23)11-19)12-25-13-21(24-16(25)4)22(27)26(31(28)29)18-8-5-15(3)6-9-18/h5-11,13-14H,12H2,1-4H3,(H,28,29). The molecule has 1 amide bonds. The first-order valence-corrected chi connectivity index (χ1v) is 11.1. The first-order valence-electron chi connectivity index (χ1n) is 9.66. The number of hydrogen-bond donors (Lipinski definition) is 1.